The van der Waals surface area contributed by atoms with Crippen LogP contribution in [-0.2, 0) is 20.4 Å². The average Bonchev–Trinajstić information content (AvgIpc) is 2.57. The molecule has 1 N–H and O–H groups in total. The average molecular weight is 365 g/mol. The molecule has 0 bridgehead atoms. The molecule has 2 aromatic rings. The summed E-state index contributed by atoms with van der Waals surface area (Å²) in [5, 5.41) is 2.38. The Morgan fingerprint density at radius 3 is 2.52 bits per heavy atom. The monoisotopic (exact) mass is 365 g/mol. The van der Waals surface area contributed by atoms with Crippen LogP contribution in [0.2, 0.25) is 0 Å². The molecule has 0 aliphatic rings. The van der Waals surface area contributed by atoms with Crippen molar-refractivity contribution in [2.24, 2.45) is 0 Å². The second-order valence-corrected chi connectivity index (χ2v) is 7.59. The quantitative estimate of drug-likeness (QED) is 0.780. The van der Waals surface area contributed by atoms with E-state index in [1.54, 1.807) is 30.3 Å². The highest BCUT2D eigenvalue weighted by Crippen LogP contribution is 2.21. The molecule has 0 fully saturated rings. The first kappa shape index (κ1) is 18.9. The molecule has 0 saturated heterocycles. The molecular formula is C18H20FNO4S. The van der Waals surface area contributed by atoms with E-state index in [4.69, 9.17) is 4.74 Å². The molecule has 2 aromatic carbocycles. The Bertz CT molecular complexity index is 836. The summed E-state index contributed by atoms with van der Waals surface area (Å²) in [6, 6.07) is 12.6. The molecule has 25 heavy (non-hydrogen) atoms. The van der Waals surface area contributed by atoms with E-state index in [2.05, 4.69) is 5.32 Å². The van der Waals surface area contributed by atoms with Gasteiger partial charge in [0.15, 0.2) is 9.84 Å². The van der Waals surface area contributed by atoms with Crippen LogP contribution in [0.4, 0.5) is 10.1 Å². The number of nitrogens with one attached hydrogen (secondary N) is 1. The number of hydrogen-bond acceptors (Lipinski definition) is 4. The molecule has 0 saturated carbocycles. The fourth-order valence-corrected chi connectivity index (χ4v) is 3.61. The lowest BCUT2D eigenvalue weighted by molar-refractivity contribution is -0.115. The van der Waals surface area contributed by atoms with Crippen molar-refractivity contribution in [1.29, 1.82) is 0 Å². The van der Waals surface area contributed by atoms with Crippen molar-refractivity contribution < 1.29 is 22.3 Å². The second kappa shape index (κ2) is 8.62. The smallest absolute Gasteiger partial charge is 0.225 e. The third-order valence-electron chi connectivity index (χ3n) is 3.44. The molecule has 0 radical (unpaired) electrons. The molecule has 5 nitrogen and oxygen atoms in total. The molecule has 0 aromatic heterocycles. The number of carbonyl (C=O) groups excluding carboxylic acids is 1. The van der Waals surface area contributed by atoms with Gasteiger partial charge < -0.3 is 10.1 Å². The first-order valence-corrected chi connectivity index (χ1v) is 9.69. The Morgan fingerprint density at radius 1 is 1.12 bits per heavy atom. The van der Waals surface area contributed by atoms with Crippen molar-refractivity contribution >= 4 is 21.4 Å². The Hall–Kier alpha value is -2.41. The number of halogens is 1. The normalized spacial score (nSPS) is 11.1. The Balaban J connectivity index is 1.95. The fraction of sp³-hybridized carbons (Fsp3) is 0.278. The molecular weight excluding hydrogens is 345 g/mol. The maximum absolute atomic E-state index is 13.5. The fourth-order valence-electron chi connectivity index (χ4n) is 2.25. The zero-order valence-corrected chi connectivity index (χ0v) is 14.7. The van der Waals surface area contributed by atoms with Crippen LogP contribution in [0, 0.1) is 5.82 Å². The van der Waals surface area contributed by atoms with E-state index < -0.39 is 21.6 Å². The van der Waals surface area contributed by atoms with Gasteiger partial charge in [-0.15, -0.1) is 0 Å². The lowest BCUT2D eigenvalue weighted by Gasteiger charge is -2.11. The number of para-hydroxylation sites is 2. The summed E-state index contributed by atoms with van der Waals surface area (Å²) in [4.78, 5) is 11.9. The summed E-state index contributed by atoms with van der Waals surface area (Å²) in [5.41, 5.74) is 0.588. The topological polar surface area (TPSA) is 72.5 Å². The molecule has 0 unspecified atom stereocenters. The van der Waals surface area contributed by atoms with E-state index in [0.29, 0.717) is 17.9 Å². The summed E-state index contributed by atoms with van der Waals surface area (Å²) >= 11 is 0. The lowest BCUT2D eigenvalue weighted by Crippen LogP contribution is -2.19. The van der Waals surface area contributed by atoms with Crippen LogP contribution in [0.3, 0.4) is 0 Å². The van der Waals surface area contributed by atoms with Crippen LogP contribution in [0.1, 0.15) is 18.9 Å². The van der Waals surface area contributed by atoms with Crippen LogP contribution < -0.4 is 10.1 Å². The molecule has 0 spiro atoms. The number of ether oxygens (including phenoxy) is 1. The van der Waals surface area contributed by atoms with E-state index in [0.717, 1.165) is 0 Å². The minimum atomic E-state index is -3.51. The van der Waals surface area contributed by atoms with Crippen molar-refractivity contribution in [3.63, 3.8) is 0 Å². The molecule has 0 heterocycles. The van der Waals surface area contributed by atoms with Crippen molar-refractivity contribution in [2.45, 2.75) is 19.1 Å². The van der Waals surface area contributed by atoms with Gasteiger partial charge in [-0.2, -0.15) is 0 Å². The van der Waals surface area contributed by atoms with E-state index in [1.807, 2.05) is 6.92 Å². The molecule has 0 aliphatic carbocycles. The van der Waals surface area contributed by atoms with Crippen LogP contribution in [-0.4, -0.2) is 26.7 Å². The number of hydrogen-bond donors (Lipinski definition) is 1. The highest BCUT2D eigenvalue weighted by Gasteiger charge is 2.17. The number of sulfone groups is 1. The van der Waals surface area contributed by atoms with Gasteiger partial charge >= 0.3 is 0 Å². The number of anilines is 1. The number of amides is 1. The molecule has 0 atom stereocenters. The predicted molar refractivity (Wildman–Crippen MR) is 94.7 cm³/mol. The molecule has 0 aliphatic heterocycles. The summed E-state index contributed by atoms with van der Waals surface area (Å²) in [7, 11) is -3.51. The predicted octanol–water partition coefficient (Wildman–Crippen LogP) is 3.17. The minimum absolute atomic E-state index is 0.0339. The van der Waals surface area contributed by atoms with Crippen molar-refractivity contribution in [1.82, 2.24) is 0 Å². The molecule has 7 heteroatoms. The maximum atomic E-state index is 13.5. The standard InChI is InChI=1S/C18H20FNO4S/c1-2-24-17-10-6-3-7-14(17)13-25(22,23)12-11-18(21)20-16-9-5-4-8-15(16)19/h3-10H,2,11-13H2,1H3,(H,20,21). The molecule has 134 valence electrons. The molecule has 1 amide bonds. The minimum Gasteiger partial charge on any atom is -0.494 e. The van der Waals surface area contributed by atoms with Crippen molar-refractivity contribution in [3.05, 3.63) is 59.9 Å². The summed E-state index contributed by atoms with van der Waals surface area (Å²) < 4.78 is 43.4. The highest BCUT2D eigenvalue weighted by molar-refractivity contribution is 7.90. The van der Waals surface area contributed by atoms with Crippen LogP contribution in [0.25, 0.3) is 0 Å². The van der Waals surface area contributed by atoms with Gasteiger partial charge in [0.25, 0.3) is 0 Å². The zero-order valence-electron chi connectivity index (χ0n) is 13.9. The van der Waals surface area contributed by atoms with Crippen molar-refractivity contribution in [2.75, 3.05) is 17.7 Å². The van der Waals surface area contributed by atoms with Gasteiger partial charge in [0.2, 0.25) is 5.91 Å². The maximum Gasteiger partial charge on any atom is 0.225 e. The van der Waals surface area contributed by atoms with Gasteiger partial charge in [0.05, 0.1) is 23.8 Å². The van der Waals surface area contributed by atoms with Gasteiger partial charge in [0, 0.05) is 12.0 Å². The van der Waals surface area contributed by atoms with Gasteiger partial charge in [-0.05, 0) is 25.1 Å². The summed E-state index contributed by atoms with van der Waals surface area (Å²) in [6.45, 7) is 2.25. The van der Waals surface area contributed by atoms with E-state index in [1.165, 1.54) is 18.2 Å². The number of rotatable bonds is 8. The summed E-state index contributed by atoms with van der Waals surface area (Å²) in [5.74, 6) is -1.13. The van der Waals surface area contributed by atoms with Gasteiger partial charge in [-0.25, -0.2) is 12.8 Å². The Labute approximate surface area is 146 Å². The lowest BCUT2D eigenvalue weighted by atomic mass is 10.2. The Morgan fingerprint density at radius 2 is 1.80 bits per heavy atom. The Kier molecular flexibility index (Phi) is 6.52. The van der Waals surface area contributed by atoms with Gasteiger partial charge in [0.1, 0.15) is 11.6 Å². The SMILES string of the molecule is CCOc1ccccc1CS(=O)(=O)CCC(=O)Nc1ccccc1F. The first-order valence-electron chi connectivity index (χ1n) is 7.87. The highest BCUT2D eigenvalue weighted by atomic mass is 32.2. The van der Waals surface area contributed by atoms with E-state index in [-0.39, 0.29) is 23.6 Å². The van der Waals surface area contributed by atoms with Gasteiger partial charge in [-0.3, -0.25) is 4.79 Å². The third kappa shape index (κ3) is 5.86. The third-order valence-corrected chi connectivity index (χ3v) is 5.01. The zero-order chi connectivity index (χ0) is 18.3. The number of carbonyl (C=O) groups is 1. The van der Waals surface area contributed by atoms with E-state index in [9.17, 15) is 17.6 Å². The largest absolute Gasteiger partial charge is 0.494 e. The van der Waals surface area contributed by atoms with Crippen LogP contribution in [0.5, 0.6) is 5.75 Å². The number of benzene rings is 2. The van der Waals surface area contributed by atoms with Crippen molar-refractivity contribution in [3.8, 4) is 5.75 Å². The van der Waals surface area contributed by atoms with Gasteiger partial charge in [-0.1, -0.05) is 30.3 Å². The summed E-state index contributed by atoms with van der Waals surface area (Å²) in [6.07, 6.45) is -0.243. The first-order chi connectivity index (χ1) is 11.9. The van der Waals surface area contributed by atoms with E-state index >= 15 is 0 Å². The second-order valence-electron chi connectivity index (χ2n) is 5.41. The van der Waals surface area contributed by atoms with Crippen LogP contribution in [0.15, 0.2) is 48.5 Å². The molecule has 2 rings (SSSR count). The van der Waals surface area contributed by atoms with Crippen LogP contribution >= 0.6 is 0 Å².